The summed E-state index contributed by atoms with van der Waals surface area (Å²) >= 11 is 1.73. The smallest absolute Gasteiger partial charge is 0.163 e. The topological polar surface area (TPSA) is 47.7 Å². The summed E-state index contributed by atoms with van der Waals surface area (Å²) in [7, 11) is 0. The molecular formula is C16H18N2O2S. The Morgan fingerprint density at radius 2 is 1.95 bits per heavy atom. The lowest BCUT2D eigenvalue weighted by Crippen LogP contribution is -2.26. The highest BCUT2D eigenvalue weighted by Crippen LogP contribution is 2.42. The van der Waals surface area contributed by atoms with Crippen molar-refractivity contribution < 1.29 is 9.47 Å². The molecule has 1 fully saturated rings. The standard InChI is InChI=1S/C16H18N2O2S/c17-13-7-15-16(20-5-4-19-15)8-14(13)18(12-1-2-12)9-11-3-6-21-10-11/h3,6-8,10,12H,1-2,4-5,9,17H2. The molecule has 110 valence electrons. The van der Waals surface area contributed by atoms with Crippen molar-refractivity contribution in [1.29, 1.82) is 0 Å². The van der Waals surface area contributed by atoms with Crippen molar-refractivity contribution in [2.24, 2.45) is 0 Å². The quantitative estimate of drug-likeness (QED) is 0.881. The van der Waals surface area contributed by atoms with Gasteiger partial charge in [0.15, 0.2) is 11.5 Å². The average Bonchev–Trinajstić information content (AvgIpc) is 3.21. The van der Waals surface area contributed by atoms with E-state index in [1.54, 1.807) is 11.3 Å². The van der Waals surface area contributed by atoms with Crippen LogP contribution in [0.3, 0.4) is 0 Å². The maximum absolute atomic E-state index is 6.27. The minimum atomic E-state index is 0.590. The fraction of sp³-hybridized carbons (Fsp3) is 0.375. The van der Waals surface area contributed by atoms with Crippen LogP contribution in [0, 0.1) is 0 Å². The van der Waals surface area contributed by atoms with Crippen molar-refractivity contribution in [2.75, 3.05) is 23.8 Å². The molecule has 0 atom stereocenters. The molecule has 0 spiro atoms. The molecule has 1 aromatic heterocycles. The number of ether oxygens (including phenoxy) is 2. The fourth-order valence-electron chi connectivity index (χ4n) is 2.72. The van der Waals surface area contributed by atoms with E-state index in [1.165, 1.54) is 18.4 Å². The molecular weight excluding hydrogens is 284 g/mol. The van der Waals surface area contributed by atoms with E-state index in [4.69, 9.17) is 15.2 Å². The Labute approximate surface area is 128 Å². The maximum Gasteiger partial charge on any atom is 0.163 e. The molecule has 2 aromatic rings. The second kappa shape index (κ2) is 5.15. The van der Waals surface area contributed by atoms with E-state index in [-0.39, 0.29) is 0 Å². The Hall–Kier alpha value is -1.88. The molecule has 0 saturated heterocycles. The first-order valence-corrected chi connectivity index (χ1v) is 8.22. The Kier molecular flexibility index (Phi) is 3.15. The predicted octanol–water partition coefficient (Wildman–Crippen LogP) is 3.27. The molecule has 2 N–H and O–H groups in total. The number of rotatable bonds is 4. The van der Waals surface area contributed by atoms with E-state index < -0.39 is 0 Å². The van der Waals surface area contributed by atoms with E-state index in [9.17, 15) is 0 Å². The van der Waals surface area contributed by atoms with E-state index in [0.717, 1.165) is 29.4 Å². The normalized spacial score (nSPS) is 16.8. The van der Waals surface area contributed by atoms with Crippen LogP contribution in [0.5, 0.6) is 11.5 Å². The molecule has 1 aromatic carbocycles. The summed E-state index contributed by atoms with van der Waals surface area (Å²) in [4.78, 5) is 2.40. The first kappa shape index (κ1) is 12.8. The molecule has 5 heteroatoms. The van der Waals surface area contributed by atoms with Crippen molar-refractivity contribution >= 4 is 22.7 Å². The molecule has 0 radical (unpaired) electrons. The van der Waals surface area contributed by atoms with Gasteiger partial charge in [-0.1, -0.05) is 0 Å². The van der Waals surface area contributed by atoms with Gasteiger partial charge in [0.1, 0.15) is 13.2 Å². The number of benzene rings is 1. The minimum Gasteiger partial charge on any atom is -0.486 e. The maximum atomic E-state index is 6.27. The lowest BCUT2D eigenvalue weighted by atomic mass is 10.2. The van der Waals surface area contributed by atoms with E-state index in [2.05, 4.69) is 21.7 Å². The van der Waals surface area contributed by atoms with Crippen LogP contribution < -0.4 is 20.1 Å². The third-order valence-corrected chi connectivity index (χ3v) is 4.65. The monoisotopic (exact) mass is 302 g/mol. The predicted molar refractivity (Wildman–Crippen MR) is 85.4 cm³/mol. The first-order valence-electron chi connectivity index (χ1n) is 7.28. The zero-order valence-corrected chi connectivity index (χ0v) is 12.6. The van der Waals surface area contributed by atoms with Gasteiger partial charge < -0.3 is 20.1 Å². The lowest BCUT2D eigenvalue weighted by molar-refractivity contribution is 0.172. The molecule has 2 aliphatic rings. The zero-order chi connectivity index (χ0) is 14.2. The van der Waals surface area contributed by atoms with E-state index in [0.29, 0.717) is 19.3 Å². The zero-order valence-electron chi connectivity index (χ0n) is 11.7. The number of thiophene rings is 1. The molecule has 0 bridgehead atoms. The second-order valence-corrected chi connectivity index (χ2v) is 6.33. The Bertz CT molecular complexity index is 638. The van der Waals surface area contributed by atoms with Gasteiger partial charge in [-0.25, -0.2) is 0 Å². The minimum absolute atomic E-state index is 0.590. The Balaban J connectivity index is 1.68. The second-order valence-electron chi connectivity index (χ2n) is 5.55. The highest BCUT2D eigenvalue weighted by molar-refractivity contribution is 7.07. The van der Waals surface area contributed by atoms with Gasteiger partial charge in [0.25, 0.3) is 0 Å². The van der Waals surface area contributed by atoms with Gasteiger partial charge in [0.05, 0.1) is 11.4 Å². The number of nitrogens with zero attached hydrogens (tertiary/aromatic N) is 1. The lowest BCUT2D eigenvalue weighted by Gasteiger charge is -2.28. The molecule has 2 heterocycles. The number of nitrogens with two attached hydrogens (primary N) is 1. The van der Waals surface area contributed by atoms with E-state index in [1.807, 2.05) is 12.1 Å². The largest absolute Gasteiger partial charge is 0.486 e. The van der Waals surface area contributed by atoms with Crippen molar-refractivity contribution in [2.45, 2.75) is 25.4 Å². The molecule has 4 nitrogen and oxygen atoms in total. The van der Waals surface area contributed by atoms with Crippen molar-refractivity contribution in [3.8, 4) is 11.5 Å². The van der Waals surface area contributed by atoms with Gasteiger partial charge >= 0.3 is 0 Å². The van der Waals surface area contributed by atoms with Crippen molar-refractivity contribution in [3.63, 3.8) is 0 Å². The van der Waals surface area contributed by atoms with Gasteiger partial charge in [-0.2, -0.15) is 11.3 Å². The molecule has 1 aliphatic carbocycles. The Morgan fingerprint density at radius 3 is 2.62 bits per heavy atom. The van der Waals surface area contributed by atoms with Gasteiger partial charge in [-0.05, 0) is 35.2 Å². The third kappa shape index (κ3) is 2.53. The van der Waals surface area contributed by atoms with Crippen LogP contribution >= 0.6 is 11.3 Å². The summed E-state index contributed by atoms with van der Waals surface area (Å²) < 4.78 is 11.3. The van der Waals surface area contributed by atoms with Gasteiger partial charge in [0, 0.05) is 24.7 Å². The summed E-state index contributed by atoms with van der Waals surface area (Å²) in [6, 6.07) is 6.70. The van der Waals surface area contributed by atoms with Gasteiger partial charge in [-0.15, -0.1) is 0 Å². The highest BCUT2D eigenvalue weighted by atomic mass is 32.1. The fourth-order valence-corrected chi connectivity index (χ4v) is 3.38. The van der Waals surface area contributed by atoms with Crippen molar-refractivity contribution in [3.05, 3.63) is 34.5 Å². The molecule has 4 rings (SSSR count). The molecule has 21 heavy (non-hydrogen) atoms. The molecule has 1 aliphatic heterocycles. The number of fused-ring (bicyclic) bond motifs is 1. The van der Waals surface area contributed by atoms with Crippen LogP contribution in [0.15, 0.2) is 29.0 Å². The van der Waals surface area contributed by atoms with Crippen LogP contribution in [-0.2, 0) is 6.54 Å². The first-order chi connectivity index (χ1) is 10.3. The average molecular weight is 302 g/mol. The summed E-state index contributed by atoms with van der Waals surface area (Å²) in [6.45, 7) is 2.09. The number of anilines is 2. The summed E-state index contributed by atoms with van der Waals surface area (Å²) in [5.41, 5.74) is 9.43. The van der Waals surface area contributed by atoms with Gasteiger partial charge in [-0.3, -0.25) is 0 Å². The molecule has 0 amide bonds. The van der Waals surface area contributed by atoms with E-state index >= 15 is 0 Å². The summed E-state index contributed by atoms with van der Waals surface area (Å²) in [6.07, 6.45) is 2.47. The van der Waals surface area contributed by atoms with Crippen LogP contribution in [0.1, 0.15) is 18.4 Å². The van der Waals surface area contributed by atoms with Gasteiger partial charge in [0.2, 0.25) is 0 Å². The number of hydrogen-bond acceptors (Lipinski definition) is 5. The number of hydrogen-bond donors (Lipinski definition) is 1. The highest BCUT2D eigenvalue weighted by Gasteiger charge is 2.31. The number of nitrogen functional groups attached to an aromatic ring is 1. The van der Waals surface area contributed by atoms with Crippen LogP contribution in [0.25, 0.3) is 0 Å². The van der Waals surface area contributed by atoms with Crippen LogP contribution in [0.2, 0.25) is 0 Å². The third-order valence-electron chi connectivity index (χ3n) is 3.92. The Morgan fingerprint density at radius 1 is 1.19 bits per heavy atom. The summed E-state index contributed by atoms with van der Waals surface area (Å²) in [5.74, 6) is 1.56. The molecule has 1 saturated carbocycles. The van der Waals surface area contributed by atoms with Crippen molar-refractivity contribution in [1.82, 2.24) is 0 Å². The summed E-state index contributed by atoms with van der Waals surface area (Å²) in [5, 5.41) is 4.32. The van der Waals surface area contributed by atoms with Crippen LogP contribution in [0.4, 0.5) is 11.4 Å². The molecule has 0 unspecified atom stereocenters. The van der Waals surface area contributed by atoms with Crippen LogP contribution in [-0.4, -0.2) is 19.3 Å². The SMILES string of the molecule is Nc1cc2c(cc1N(Cc1ccsc1)C1CC1)OCCO2.